The largest absolute Gasteiger partial charge is 0.350 e. The minimum absolute atomic E-state index is 0.0190. The maximum Gasteiger partial charge on any atom is 0.222 e. The molecule has 1 unspecified atom stereocenters. The Hall–Kier alpha value is -1.35. The molecule has 0 heterocycles. The minimum Gasteiger partial charge on any atom is -0.350 e. The molecule has 0 saturated heterocycles. The van der Waals surface area contributed by atoms with Crippen LogP contribution in [-0.4, -0.2) is 11.9 Å². The number of benzene rings is 1. The van der Waals surface area contributed by atoms with Gasteiger partial charge in [-0.1, -0.05) is 45.0 Å². The molecule has 20 heavy (non-hydrogen) atoms. The van der Waals surface area contributed by atoms with Crippen molar-refractivity contribution in [3.05, 3.63) is 35.4 Å². The molecule has 3 heteroatoms. The summed E-state index contributed by atoms with van der Waals surface area (Å²) in [6.45, 7) is 10.5. The number of aryl methyl sites for hydroxylation is 1. The summed E-state index contributed by atoms with van der Waals surface area (Å²) in [5, 5.41) is 3.03. The topological polar surface area (TPSA) is 55.1 Å². The van der Waals surface area contributed by atoms with Crippen molar-refractivity contribution < 1.29 is 4.79 Å². The molecule has 1 aromatic carbocycles. The predicted molar refractivity (Wildman–Crippen MR) is 84.4 cm³/mol. The van der Waals surface area contributed by atoms with Crippen molar-refractivity contribution in [3.63, 3.8) is 0 Å². The molecule has 1 aromatic rings. The number of rotatable bonds is 5. The Morgan fingerprint density at radius 2 is 1.90 bits per heavy atom. The van der Waals surface area contributed by atoms with E-state index in [1.807, 2.05) is 19.1 Å². The lowest BCUT2D eigenvalue weighted by Crippen LogP contribution is -2.35. The standard InChI is InChI=1S/C17H28N2O/c1-12-8-6-7-9-15(12)13(2)19-16(20)10-14(18)11-17(3,4)5/h6-9,13-14H,10-11,18H2,1-5H3,(H,19,20)/t13-,14?/m1/s1. The third-order valence-corrected chi connectivity index (χ3v) is 3.35. The van der Waals surface area contributed by atoms with Gasteiger partial charge in [-0.05, 0) is 36.8 Å². The maximum absolute atomic E-state index is 12.0. The Labute approximate surface area is 122 Å². The van der Waals surface area contributed by atoms with E-state index < -0.39 is 0 Å². The van der Waals surface area contributed by atoms with Gasteiger partial charge >= 0.3 is 0 Å². The summed E-state index contributed by atoms with van der Waals surface area (Å²) in [5.41, 5.74) is 8.55. The van der Waals surface area contributed by atoms with Crippen LogP contribution in [0.3, 0.4) is 0 Å². The Bertz CT molecular complexity index is 449. The Kier molecular flexibility index (Phi) is 5.75. The first-order chi connectivity index (χ1) is 9.19. The molecular weight excluding hydrogens is 248 g/mol. The Morgan fingerprint density at radius 1 is 1.30 bits per heavy atom. The summed E-state index contributed by atoms with van der Waals surface area (Å²) < 4.78 is 0. The van der Waals surface area contributed by atoms with E-state index in [4.69, 9.17) is 5.73 Å². The van der Waals surface area contributed by atoms with Crippen molar-refractivity contribution in [1.29, 1.82) is 0 Å². The third kappa shape index (κ3) is 5.74. The fourth-order valence-electron chi connectivity index (χ4n) is 2.55. The molecule has 0 aliphatic rings. The van der Waals surface area contributed by atoms with Crippen LogP contribution in [0.25, 0.3) is 0 Å². The van der Waals surface area contributed by atoms with Gasteiger partial charge in [0, 0.05) is 12.5 Å². The fraction of sp³-hybridized carbons (Fsp3) is 0.588. The maximum atomic E-state index is 12.0. The van der Waals surface area contributed by atoms with Crippen LogP contribution in [0.4, 0.5) is 0 Å². The molecule has 0 spiro atoms. The molecule has 0 aliphatic heterocycles. The van der Waals surface area contributed by atoms with Crippen molar-refractivity contribution in [2.45, 2.75) is 59.5 Å². The SMILES string of the molecule is Cc1ccccc1[C@@H](C)NC(=O)CC(N)CC(C)(C)C. The van der Waals surface area contributed by atoms with E-state index in [2.05, 4.69) is 45.1 Å². The second kappa shape index (κ2) is 6.89. The van der Waals surface area contributed by atoms with Gasteiger partial charge in [-0.2, -0.15) is 0 Å². The monoisotopic (exact) mass is 276 g/mol. The number of hydrogen-bond acceptors (Lipinski definition) is 2. The number of carbonyl (C=O) groups is 1. The van der Waals surface area contributed by atoms with E-state index in [1.165, 1.54) is 5.56 Å². The molecule has 0 fully saturated rings. The minimum atomic E-state index is -0.0842. The van der Waals surface area contributed by atoms with Crippen LogP contribution in [0.15, 0.2) is 24.3 Å². The van der Waals surface area contributed by atoms with Crippen LogP contribution < -0.4 is 11.1 Å². The highest BCUT2D eigenvalue weighted by atomic mass is 16.1. The summed E-state index contributed by atoms with van der Waals surface area (Å²) in [5.74, 6) is 0.0255. The highest BCUT2D eigenvalue weighted by Gasteiger charge is 2.19. The highest BCUT2D eigenvalue weighted by Crippen LogP contribution is 2.21. The summed E-state index contributed by atoms with van der Waals surface area (Å²) in [6.07, 6.45) is 1.23. The molecule has 3 N–H and O–H groups in total. The number of hydrogen-bond donors (Lipinski definition) is 2. The molecule has 0 aliphatic carbocycles. The fourth-order valence-corrected chi connectivity index (χ4v) is 2.55. The van der Waals surface area contributed by atoms with Gasteiger partial charge in [-0.25, -0.2) is 0 Å². The second-order valence-electron chi connectivity index (χ2n) is 6.87. The van der Waals surface area contributed by atoms with Crippen LogP contribution in [-0.2, 0) is 4.79 Å². The van der Waals surface area contributed by atoms with E-state index in [9.17, 15) is 4.79 Å². The Balaban J connectivity index is 2.52. The number of amides is 1. The summed E-state index contributed by atoms with van der Waals surface area (Å²) in [4.78, 5) is 12.0. The predicted octanol–water partition coefficient (Wildman–Crippen LogP) is 3.33. The van der Waals surface area contributed by atoms with Crippen molar-refractivity contribution >= 4 is 5.91 Å². The first kappa shape index (κ1) is 16.7. The first-order valence-corrected chi connectivity index (χ1v) is 7.29. The van der Waals surface area contributed by atoms with Crippen LogP contribution in [0.1, 0.15) is 57.7 Å². The van der Waals surface area contributed by atoms with Gasteiger partial charge in [0.2, 0.25) is 5.91 Å². The third-order valence-electron chi connectivity index (χ3n) is 3.35. The zero-order valence-corrected chi connectivity index (χ0v) is 13.4. The van der Waals surface area contributed by atoms with Crippen molar-refractivity contribution in [2.24, 2.45) is 11.1 Å². The van der Waals surface area contributed by atoms with Crippen LogP contribution in [0.2, 0.25) is 0 Å². The van der Waals surface area contributed by atoms with Crippen molar-refractivity contribution in [1.82, 2.24) is 5.32 Å². The lowest BCUT2D eigenvalue weighted by Gasteiger charge is -2.23. The zero-order valence-electron chi connectivity index (χ0n) is 13.4. The molecule has 1 amide bonds. The Morgan fingerprint density at radius 3 is 2.45 bits per heavy atom. The normalized spacial score (nSPS) is 14.7. The van der Waals surface area contributed by atoms with E-state index in [1.54, 1.807) is 0 Å². The number of carbonyl (C=O) groups excluding carboxylic acids is 1. The van der Waals surface area contributed by atoms with Gasteiger partial charge in [-0.3, -0.25) is 4.79 Å². The molecule has 0 radical (unpaired) electrons. The average molecular weight is 276 g/mol. The number of nitrogens with two attached hydrogens (primary N) is 1. The van der Waals surface area contributed by atoms with E-state index >= 15 is 0 Å². The molecule has 112 valence electrons. The zero-order chi connectivity index (χ0) is 15.3. The van der Waals surface area contributed by atoms with Crippen LogP contribution in [0.5, 0.6) is 0 Å². The van der Waals surface area contributed by atoms with Crippen molar-refractivity contribution in [2.75, 3.05) is 0 Å². The van der Waals surface area contributed by atoms with Gasteiger partial charge in [-0.15, -0.1) is 0 Å². The molecule has 0 aromatic heterocycles. The smallest absolute Gasteiger partial charge is 0.222 e. The number of nitrogens with one attached hydrogen (secondary N) is 1. The summed E-state index contributed by atoms with van der Waals surface area (Å²) >= 11 is 0. The van der Waals surface area contributed by atoms with Crippen molar-refractivity contribution in [3.8, 4) is 0 Å². The lowest BCUT2D eigenvalue weighted by molar-refractivity contribution is -0.122. The molecular formula is C17H28N2O. The summed E-state index contributed by atoms with van der Waals surface area (Å²) in [6, 6.07) is 8.05. The van der Waals surface area contributed by atoms with E-state index in [0.29, 0.717) is 6.42 Å². The molecule has 1 rings (SSSR count). The van der Waals surface area contributed by atoms with Gasteiger partial charge < -0.3 is 11.1 Å². The summed E-state index contributed by atoms with van der Waals surface area (Å²) in [7, 11) is 0. The lowest BCUT2D eigenvalue weighted by atomic mass is 9.87. The molecule has 0 saturated carbocycles. The highest BCUT2D eigenvalue weighted by molar-refractivity contribution is 5.77. The second-order valence-corrected chi connectivity index (χ2v) is 6.87. The van der Waals surface area contributed by atoms with E-state index in [0.717, 1.165) is 12.0 Å². The van der Waals surface area contributed by atoms with Gasteiger partial charge in [0.25, 0.3) is 0 Å². The van der Waals surface area contributed by atoms with Crippen LogP contribution >= 0.6 is 0 Å². The molecule has 2 atom stereocenters. The molecule has 0 bridgehead atoms. The van der Waals surface area contributed by atoms with Gasteiger partial charge in [0.15, 0.2) is 0 Å². The first-order valence-electron chi connectivity index (χ1n) is 7.29. The molecule has 3 nitrogen and oxygen atoms in total. The van der Waals surface area contributed by atoms with E-state index in [-0.39, 0.29) is 23.4 Å². The van der Waals surface area contributed by atoms with Crippen LogP contribution in [0, 0.1) is 12.3 Å². The van der Waals surface area contributed by atoms with Gasteiger partial charge in [0.05, 0.1) is 6.04 Å². The van der Waals surface area contributed by atoms with Gasteiger partial charge in [0.1, 0.15) is 0 Å². The average Bonchev–Trinajstić information content (AvgIpc) is 2.25. The quantitative estimate of drug-likeness (QED) is 0.866.